The Morgan fingerprint density at radius 2 is 2.04 bits per heavy atom. The van der Waals surface area contributed by atoms with Gasteiger partial charge in [0, 0.05) is 13.1 Å². The highest BCUT2D eigenvalue weighted by Crippen LogP contribution is 2.25. The summed E-state index contributed by atoms with van der Waals surface area (Å²) in [6.07, 6.45) is 0.593. The van der Waals surface area contributed by atoms with Crippen molar-refractivity contribution >= 4 is 23.4 Å². The molecule has 24 heavy (non-hydrogen) atoms. The van der Waals surface area contributed by atoms with Gasteiger partial charge in [0.1, 0.15) is 5.15 Å². The molecule has 0 spiro atoms. The first-order valence-corrected chi connectivity index (χ1v) is 8.20. The number of aromatic nitrogens is 2. The number of likely N-dealkylation sites (tertiary alicyclic amines) is 1. The molecule has 2 amide bonds. The van der Waals surface area contributed by atoms with Crippen LogP contribution in [0.3, 0.4) is 0 Å². The second-order valence-electron chi connectivity index (χ2n) is 6.03. The van der Waals surface area contributed by atoms with Gasteiger partial charge in [-0.3, -0.25) is 9.59 Å². The molecule has 0 bridgehead atoms. The summed E-state index contributed by atoms with van der Waals surface area (Å²) in [6, 6.07) is 9.79. The van der Waals surface area contributed by atoms with Crippen molar-refractivity contribution in [1.29, 1.82) is 0 Å². The lowest BCUT2D eigenvalue weighted by molar-refractivity contribution is -0.121. The van der Waals surface area contributed by atoms with Gasteiger partial charge in [0.25, 0.3) is 5.91 Å². The van der Waals surface area contributed by atoms with Crippen LogP contribution < -0.4 is 5.73 Å². The molecule has 1 fully saturated rings. The predicted molar refractivity (Wildman–Crippen MR) is 90.7 cm³/mol. The van der Waals surface area contributed by atoms with Crippen molar-refractivity contribution in [2.45, 2.75) is 19.9 Å². The summed E-state index contributed by atoms with van der Waals surface area (Å²) < 4.78 is 1.63. The van der Waals surface area contributed by atoms with Crippen molar-refractivity contribution in [1.82, 2.24) is 14.7 Å². The number of hydrogen-bond acceptors (Lipinski definition) is 3. The normalized spacial score (nSPS) is 17.2. The largest absolute Gasteiger partial charge is 0.369 e. The van der Waals surface area contributed by atoms with Crippen molar-refractivity contribution in [3.63, 3.8) is 0 Å². The minimum Gasteiger partial charge on any atom is -0.369 e. The molecule has 3 rings (SSSR count). The SMILES string of the molecule is Cc1nn(Cc2ccccc2)c(Cl)c1C(=O)N1CC[C@H](C(N)=O)C1. The van der Waals surface area contributed by atoms with Crippen molar-refractivity contribution in [2.75, 3.05) is 13.1 Å². The van der Waals surface area contributed by atoms with Gasteiger partial charge in [-0.2, -0.15) is 5.10 Å². The average Bonchev–Trinajstić information content (AvgIpc) is 3.14. The number of nitrogens with zero attached hydrogens (tertiary/aromatic N) is 3. The molecule has 126 valence electrons. The molecule has 1 aliphatic heterocycles. The van der Waals surface area contributed by atoms with Crippen LogP contribution in [0.15, 0.2) is 30.3 Å². The zero-order valence-corrected chi connectivity index (χ0v) is 14.2. The van der Waals surface area contributed by atoms with Crippen LogP contribution in [0.25, 0.3) is 0 Å². The molecule has 0 saturated carbocycles. The zero-order chi connectivity index (χ0) is 17.3. The Hall–Kier alpha value is -2.34. The standard InChI is InChI=1S/C17H19ClN4O2/c1-11-14(17(24)21-8-7-13(10-21)16(19)23)15(18)22(20-11)9-12-5-3-2-4-6-12/h2-6,13H,7-10H2,1H3,(H2,19,23)/t13-/m0/s1. The molecule has 0 radical (unpaired) electrons. The van der Waals surface area contributed by atoms with Gasteiger partial charge in [-0.25, -0.2) is 4.68 Å². The first kappa shape index (κ1) is 16.5. The number of nitrogens with two attached hydrogens (primary N) is 1. The predicted octanol–water partition coefficient (Wildman–Crippen LogP) is 1.84. The van der Waals surface area contributed by atoms with Crippen LogP contribution >= 0.6 is 11.6 Å². The molecule has 2 aromatic rings. The Balaban J connectivity index is 1.81. The maximum absolute atomic E-state index is 12.8. The number of hydrogen-bond donors (Lipinski definition) is 1. The Labute approximate surface area is 145 Å². The number of halogens is 1. The Morgan fingerprint density at radius 1 is 1.33 bits per heavy atom. The first-order chi connectivity index (χ1) is 11.5. The lowest BCUT2D eigenvalue weighted by Gasteiger charge is -2.15. The molecule has 2 heterocycles. The molecule has 6 nitrogen and oxygen atoms in total. The van der Waals surface area contributed by atoms with E-state index in [9.17, 15) is 9.59 Å². The summed E-state index contributed by atoms with van der Waals surface area (Å²) in [5.74, 6) is -0.846. The number of primary amides is 1. The summed E-state index contributed by atoms with van der Waals surface area (Å²) in [4.78, 5) is 25.7. The fourth-order valence-corrected chi connectivity index (χ4v) is 3.31. The van der Waals surface area contributed by atoms with Crippen molar-refractivity contribution in [3.8, 4) is 0 Å². The Kier molecular flexibility index (Phi) is 4.57. The van der Waals surface area contributed by atoms with E-state index in [1.165, 1.54) is 0 Å². The van der Waals surface area contributed by atoms with Crippen LogP contribution in [-0.2, 0) is 11.3 Å². The monoisotopic (exact) mass is 346 g/mol. The van der Waals surface area contributed by atoms with Gasteiger partial charge in [-0.05, 0) is 18.9 Å². The molecule has 2 N–H and O–H groups in total. The smallest absolute Gasteiger partial charge is 0.258 e. The van der Waals surface area contributed by atoms with E-state index in [-0.39, 0.29) is 17.7 Å². The van der Waals surface area contributed by atoms with Gasteiger partial charge in [-0.1, -0.05) is 41.9 Å². The third kappa shape index (κ3) is 3.14. The van der Waals surface area contributed by atoms with Crippen LogP contribution in [0.1, 0.15) is 28.0 Å². The highest BCUT2D eigenvalue weighted by Gasteiger charge is 2.33. The molecule has 1 saturated heterocycles. The maximum Gasteiger partial charge on any atom is 0.258 e. The molecule has 1 atom stereocenters. The van der Waals surface area contributed by atoms with Gasteiger partial charge in [0.15, 0.2) is 0 Å². The van der Waals surface area contributed by atoms with E-state index < -0.39 is 0 Å². The second kappa shape index (κ2) is 6.65. The lowest BCUT2D eigenvalue weighted by Crippen LogP contribution is -2.32. The van der Waals surface area contributed by atoms with Crippen LogP contribution in [0.5, 0.6) is 0 Å². The first-order valence-electron chi connectivity index (χ1n) is 7.82. The summed E-state index contributed by atoms with van der Waals surface area (Å²) >= 11 is 6.41. The molecule has 1 aromatic heterocycles. The molecule has 7 heteroatoms. The quantitative estimate of drug-likeness (QED) is 0.917. The van der Waals surface area contributed by atoms with E-state index in [2.05, 4.69) is 5.10 Å². The van der Waals surface area contributed by atoms with E-state index in [4.69, 9.17) is 17.3 Å². The van der Waals surface area contributed by atoms with Gasteiger partial charge < -0.3 is 10.6 Å². The number of amides is 2. The molecule has 1 aliphatic rings. The Morgan fingerprint density at radius 3 is 2.67 bits per heavy atom. The summed E-state index contributed by atoms with van der Waals surface area (Å²) in [7, 11) is 0. The van der Waals surface area contributed by atoms with Gasteiger partial charge in [0.05, 0.1) is 23.7 Å². The van der Waals surface area contributed by atoms with Gasteiger partial charge >= 0.3 is 0 Å². The van der Waals surface area contributed by atoms with E-state index in [1.807, 2.05) is 30.3 Å². The third-order valence-electron chi connectivity index (χ3n) is 4.33. The van der Waals surface area contributed by atoms with Crippen LogP contribution in [0.2, 0.25) is 5.15 Å². The molecular formula is C17H19ClN4O2. The summed E-state index contributed by atoms with van der Waals surface area (Å²) in [6.45, 7) is 3.11. The summed E-state index contributed by atoms with van der Waals surface area (Å²) in [5, 5.41) is 4.72. The summed E-state index contributed by atoms with van der Waals surface area (Å²) in [5.41, 5.74) is 7.37. The topological polar surface area (TPSA) is 81.2 Å². The highest BCUT2D eigenvalue weighted by molar-refractivity contribution is 6.33. The number of aryl methyl sites for hydroxylation is 1. The van der Waals surface area contributed by atoms with Crippen LogP contribution in [-0.4, -0.2) is 39.6 Å². The molecular weight excluding hydrogens is 328 g/mol. The second-order valence-corrected chi connectivity index (χ2v) is 6.39. The highest BCUT2D eigenvalue weighted by atomic mass is 35.5. The number of rotatable bonds is 4. The van der Waals surface area contributed by atoms with E-state index >= 15 is 0 Å². The third-order valence-corrected chi connectivity index (χ3v) is 4.72. The fourth-order valence-electron chi connectivity index (χ4n) is 2.99. The van der Waals surface area contributed by atoms with Crippen molar-refractivity contribution in [2.24, 2.45) is 11.7 Å². The van der Waals surface area contributed by atoms with Crippen LogP contribution in [0, 0.1) is 12.8 Å². The zero-order valence-electron chi connectivity index (χ0n) is 13.4. The van der Waals surface area contributed by atoms with Gasteiger partial charge in [-0.15, -0.1) is 0 Å². The van der Waals surface area contributed by atoms with Gasteiger partial charge in [0.2, 0.25) is 5.91 Å². The Bertz CT molecular complexity index is 772. The lowest BCUT2D eigenvalue weighted by atomic mass is 10.1. The van der Waals surface area contributed by atoms with Crippen molar-refractivity contribution < 1.29 is 9.59 Å². The minimum absolute atomic E-state index is 0.194. The van der Waals surface area contributed by atoms with E-state index in [0.29, 0.717) is 42.5 Å². The molecule has 0 unspecified atom stereocenters. The average molecular weight is 347 g/mol. The van der Waals surface area contributed by atoms with E-state index in [1.54, 1.807) is 16.5 Å². The molecule has 0 aliphatic carbocycles. The minimum atomic E-state index is -0.368. The number of carbonyl (C=O) groups is 2. The van der Waals surface area contributed by atoms with Crippen LogP contribution in [0.4, 0.5) is 0 Å². The fraction of sp³-hybridized carbons (Fsp3) is 0.353. The molecule has 1 aromatic carbocycles. The van der Waals surface area contributed by atoms with E-state index in [0.717, 1.165) is 5.56 Å². The van der Waals surface area contributed by atoms with Crippen molar-refractivity contribution in [3.05, 3.63) is 52.3 Å². The maximum atomic E-state index is 12.8. The number of carbonyl (C=O) groups excluding carboxylic acids is 2. The number of benzene rings is 1.